The minimum atomic E-state index is 0.0759. The Kier molecular flexibility index (Phi) is 3.54. The van der Waals surface area contributed by atoms with E-state index in [9.17, 15) is 0 Å². The van der Waals surface area contributed by atoms with Gasteiger partial charge in [-0.15, -0.1) is 0 Å². The van der Waals surface area contributed by atoms with Crippen LogP contribution in [0.3, 0.4) is 0 Å². The van der Waals surface area contributed by atoms with Crippen LogP contribution in [0.4, 0.5) is 0 Å². The van der Waals surface area contributed by atoms with Gasteiger partial charge in [-0.3, -0.25) is 4.90 Å². The van der Waals surface area contributed by atoms with Crippen molar-refractivity contribution < 1.29 is 4.74 Å². The van der Waals surface area contributed by atoms with Crippen LogP contribution < -0.4 is 0 Å². The summed E-state index contributed by atoms with van der Waals surface area (Å²) >= 11 is 0. The highest BCUT2D eigenvalue weighted by molar-refractivity contribution is 5.21. The van der Waals surface area contributed by atoms with Crippen molar-refractivity contribution in [3.05, 3.63) is 35.9 Å². The van der Waals surface area contributed by atoms with Crippen molar-refractivity contribution in [1.82, 2.24) is 4.90 Å². The molecule has 0 aromatic heterocycles. The first kappa shape index (κ1) is 12.7. The van der Waals surface area contributed by atoms with Crippen molar-refractivity contribution in [1.29, 1.82) is 5.26 Å². The van der Waals surface area contributed by atoms with Crippen molar-refractivity contribution in [3.8, 4) is 6.07 Å². The van der Waals surface area contributed by atoms with Crippen molar-refractivity contribution >= 4 is 0 Å². The standard InChI is InChI=1S/C16H20N2O/c17-8-11-18-9-6-16(7-10-18)12-15(13-19-16)14-4-2-1-3-5-14/h1-5,15H,6-7,9-13H2/t15-/m0/s1. The maximum absolute atomic E-state index is 8.74. The van der Waals surface area contributed by atoms with Crippen LogP contribution in [0.15, 0.2) is 30.3 Å². The zero-order valence-electron chi connectivity index (χ0n) is 11.2. The van der Waals surface area contributed by atoms with E-state index in [2.05, 4.69) is 41.3 Å². The minimum absolute atomic E-state index is 0.0759. The van der Waals surface area contributed by atoms with Crippen LogP contribution in [0.2, 0.25) is 0 Å². The molecule has 2 fully saturated rings. The summed E-state index contributed by atoms with van der Waals surface area (Å²) in [6, 6.07) is 12.9. The summed E-state index contributed by atoms with van der Waals surface area (Å²) in [4.78, 5) is 2.23. The van der Waals surface area contributed by atoms with Gasteiger partial charge in [0.15, 0.2) is 0 Å². The Balaban J connectivity index is 1.62. The number of likely N-dealkylation sites (tertiary alicyclic amines) is 1. The normalized spacial score (nSPS) is 26.4. The van der Waals surface area contributed by atoms with Crippen molar-refractivity contribution in [2.24, 2.45) is 0 Å². The molecule has 0 aliphatic carbocycles. The number of nitriles is 1. The minimum Gasteiger partial charge on any atom is -0.374 e. The van der Waals surface area contributed by atoms with E-state index in [0.29, 0.717) is 12.5 Å². The predicted molar refractivity (Wildman–Crippen MR) is 73.8 cm³/mol. The smallest absolute Gasteiger partial charge is 0.0866 e. The largest absolute Gasteiger partial charge is 0.374 e. The van der Waals surface area contributed by atoms with Crippen LogP contribution in [-0.2, 0) is 4.74 Å². The van der Waals surface area contributed by atoms with Gasteiger partial charge in [-0.05, 0) is 24.8 Å². The van der Waals surface area contributed by atoms with Crippen LogP contribution in [0.1, 0.15) is 30.7 Å². The molecule has 2 aliphatic heterocycles. The highest BCUT2D eigenvalue weighted by Gasteiger charge is 2.42. The van der Waals surface area contributed by atoms with Crippen molar-refractivity contribution in [2.75, 3.05) is 26.2 Å². The first-order chi connectivity index (χ1) is 9.31. The fourth-order valence-electron chi connectivity index (χ4n) is 3.35. The third kappa shape index (κ3) is 2.65. The van der Waals surface area contributed by atoms with Gasteiger partial charge in [0.25, 0.3) is 0 Å². The fourth-order valence-corrected chi connectivity index (χ4v) is 3.35. The van der Waals surface area contributed by atoms with Crippen molar-refractivity contribution in [3.63, 3.8) is 0 Å². The Hall–Kier alpha value is -1.37. The van der Waals surface area contributed by atoms with Gasteiger partial charge in [0, 0.05) is 19.0 Å². The molecule has 1 spiro atoms. The van der Waals surface area contributed by atoms with Gasteiger partial charge >= 0.3 is 0 Å². The van der Waals surface area contributed by atoms with Gasteiger partial charge in [0.05, 0.1) is 24.8 Å². The van der Waals surface area contributed by atoms with Gasteiger partial charge in [0.1, 0.15) is 0 Å². The van der Waals surface area contributed by atoms with Crippen LogP contribution >= 0.6 is 0 Å². The van der Waals surface area contributed by atoms with Crippen LogP contribution in [0.5, 0.6) is 0 Å². The van der Waals surface area contributed by atoms with E-state index in [1.165, 1.54) is 5.56 Å². The number of rotatable bonds is 2. The van der Waals surface area contributed by atoms with Crippen LogP contribution in [0.25, 0.3) is 0 Å². The Bertz CT molecular complexity index is 457. The van der Waals surface area contributed by atoms with E-state index >= 15 is 0 Å². The Morgan fingerprint density at radius 2 is 2.00 bits per heavy atom. The molecule has 0 radical (unpaired) electrons. The summed E-state index contributed by atoms with van der Waals surface area (Å²) in [5.74, 6) is 0.545. The SMILES string of the molecule is N#CCN1CCC2(CC1)C[C@H](c1ccccc1)CO2. The van der Waals surface area contributed by atoms with Crippen LogP contribution in [0, 0.1) is 11.3 Å². The first-order valence-electron chi connectivity index (χ1n) is 7.10. The van der Waals surface area contributed by atoms with E-state index in [1.807, 2.05) is 0 Å². The number of piperidine rings is 1. The molecule has 0 N–H and O–H groups in total. The highest BCUT2D eigenvalue weighted by atomic mass is 16.5. The molecule has 0 bridgehead atoms. The molecule has 2 aliphatic rings. The number of nitrogens with zero attached hydrogens (tertiary/aromatic N) is 2. The second-order valence-electron chi connectivity index (χ2n) is 5.74. The lowest BCUT2D eigenvalue weighted by Gasteiger charge is -2.37. The average Bonchev–Trinajstić information content (AvgIpc) is 2.87. The predicted octanol–water partition coefficient (Wildman–Crippen LogP) is 2.55. The molecule has 19 heavy (non-hydrogen) atoms. The summed E-state index contributed by atoms with van der Waals surface area (Å²) in [6.07, 6.45) is 3.27. The van der Waals surface area contributed by atoms with Crippen molar-refractivity contribution in [2.45, 2.75) is 30.8 Å². The third-order valence-electron chi connectivity index (χ3n) is 4.54. The molecule has 3 nitrogen and oxygen atoms in total. The van der Waals surface area contributed by atoms with Gasteiger partial charge in [-0.1, -0.05) is 30.3 Å². The molecule has 0 amide bonds. The zero-order valence-corrected chi connectivity index (χ0v) is 11.2. The summed E-state index contributed by atoms with van der Waals surface area (Å²) in [5, 5.41) is 8.74. The van der Waals surface area contributed by atoms with E-state index in [4.69, 9.17) is 10.00 Å². The lowest BCUT2D eigenvalue weighted by atomic mass is 9.83. The van der Waals surface area contributed by atoms with Gasteiger partial charge < -0.3 is 4.74 Å². The fraction of sp³-hybridized carbons (Fsp3) is 0.562. The lowest BCUT2D eigenvalue weighted by molar-refractivity contribution is -0.0413. The second-order valence-corrected chi connectivity index (χ2v) is 5.74. The molecule has 1 aromatic carbocycles. The molecule has 0 unspecified atom stereocenters. The van der Waals surface area contributed by atoms with E-state index < -0.39 is 0 Å². The molecule has 3 rings (SSSR count). The molecule has 100 valence electrons. The van der Waals surface area contributed by atoms with E-state index in [-0.39, 0.29) is 5.60 Å². The maximum atomic E-state index is 8.74. The quantitative estimate of drug-likeness (QED) is 0.763. The molecular weight excluding hydrogens is 236 g/mol. The molecule has 2 saturated heterocycles. The molecule has 2 heterocycles. The lowest BCUT2D eigenvalue weighted by Crippen LogP contribution is -2.44. The Labute approximate surface area is 114 Å². The second kappa shape index (κ2) is 5.32. The summed E-state index contributed by atoms with van der Waals surface area (Å²) in [6.45, 7) is 3.39. The Morgan fingerprint density at radius 1 is 1.26 bits per heavy atom. The summed E-state index contributed by atoms with van der Waals surface area (Å²) in [7, 11) is 0. The maximum Gasteiger partial charge on any atom is 0.0866 e. The summed E-state index contributed by atoms with van der Waals surface area (Å²) in [5.41, 5.74) is 1.48. The monoisotopic (exact) mass is 256 g/mol. The first-order valence-corrected chi connectivity index (χ1v) is 7.10. The number of benzene rings is 1. The number of ether oxygens (including phenoxy) is 1. The van der Waals surface area contributed by atoms with E-state index in [1.54, 1.807) is 0 Å². The molecule has 0 saturated carbocycles. The third-order valence-corrected chi connectivity index (χ3v) is 4.54. The summed E-state index contributed by atoms with van der Waals surface area (Å²) < 4.78 is 6.17. The van der Waals surface area contributed by atoms with Gasteiger partial charge in [0.2, 0.25) is 0 Å². The highest BCUT2D eigenvalue weighted by Crippen LogP contribution is 2.42. The molecule has 1 atom stereocenters. The topological polar surface area (TPSA) is 36.3 Å². The Morgan fingerprint density at radius 3 is 2.68 bits per heavy atom. The number of hydrogen-bond acceptors (Lipinski definition) is 3. The number of hydrogen-bond donors (Lipinski definition) is 0. The van der Waals surface area contributed by atoms with Crippen LogP contribution in [-0.4, -0.2) is 36.7 Å². The van der Waals surface area contributed by atoms with Gasteiger partial charge in [-0.25, -0.2) is 0 Å². The molecular formula is C16H20N2O. The molecule has 1 aromatic rings. The van der Waals surface area contributed by atoms with Gasteiger partial charge in [-0.2, -0.15) is 5.26 Å². The molecule has 3 heteroatoms. The average molecular weight is 256 g/mol. The zero-order chi connectivity index (χ0) is 13.1. The van der Waals surface area contributed by atoms with E-state index in [0.717, 1.165) is 39.0 Å².